The van der Waals surface area contributed by atoms with Gasteiger partial charge in [0.2, 0.25) is 15.9 Å². The molecule has 1 aromatic heterocycles. The van der Waals surface area contributed by atoms with Crippen LogP contribution >= 0.6 is 0 Å². The number of carbonyl (C=O) groups excluding carboxylic acids is 1. The Morgan fingerprint density at radius 1 is 1.14 bits per heavy atom. The zero-order valence-corrected chi connectivity index (χ0v) is 16.2. The van der Waals surface area contributed by atoms with Gasteiger partial charge in [-0.2, -0.15) is 0 Å². The van der Waals surface area contributed by atoms with Crippen molar-refractivity contribution in [2.24, 2.45) is 5.14 Å². The van der Waals surface area contributed by atoms with Crippen molar-refractivity contribution in [1.82, 2.24) is 10.3 Å². The number of rotatable bonds is 8. The Morgan fingerprint density at radius 2 is 1.89 bits per heavy atom. The number of nitrogens with two attached hydrogens (primary N) is 1. The largest absolute Gasteiger partial charge is 0.497 e. The van der Waals surface area contributed by atoms with Gasteiger partial charge in [0.1, 0.15) is 5.75 Å². The first-order valence-electron chi connectivity index (χ1n) is 8.64. The first kappa shape index (κ1) is 19.9. The second kappa shape index (κ2) is 8.42. The van der Waals surface area contributed by atoms with Gasteiger partial charge in [-0.3, -0.25) is 4.79 Å². The van der Waals surface area contributed by atoms with Gasteiger partial charge in [-0.05, 0) is 55.0 Å². The van der Waals surface area contributed by atoms with Crippen molar-refractivity contribution in [3.05, 3.63) is 54.2 Å². The van der Waals surface area contributed by atoms with Crippen LogP contribution in [-0.2, 0) is 21.2 Å². The summed E-state index contributed by atoms with van der Waals surface area (Å²) in [4.78, 5) is 15.3. The molecule has 1 heterocycles. The van der Waals surface area contributed by atoms with Gasteiger partial charge < -0.3 is 20.4 Å². The molecule has 0 aliphatic carbocycles. The fraction of sp³-hybridized carbons (Fsp3) is 0.211. The number of fused-ring (bicyclic) bond motifs is 1. The molecule has 5 N–H and O–H groups in total. The summed E-state index contributed by atoms with van der Waals surface area (Å²) in [6.45, 7) is 0.771. The summed E-state index contributed by atoms with van der Waals surface area (Å²) in [5.41, 5.74) is 2.61. The van der Waals surface area contributed by atoms with Crippen LogP contribution in [0.4, 0.5) is 5.69 Å². The molecular weight excluding hydrogens is 380 g/mol. The highest BCUT2D eigenvalue weighted by Gasteiger charge is 2.08. The minimum absolute atomic E-state index is 0.000390. The molecule has 1 amide bonds. The maximum Gasteiger partial charge on any atom is 0.238 e. The van der Waals surface area contributed by atoms with Crippen LogP contribution in [0.25, 0.3) is 10.9 Å². The van der Waals surface area contributed by atoms with Crippen molar-refractivity contribution in [3.8, 4) is 5.75 Å². The Hall–Kier alpha value is -2.88. The van der Waals surface area contributed by atoms with E-state index in [9.17, 15) is 13.2 Å². The highest BCUT2D eigenvalue weighted by atomic mass is 32.2. The number of benzene rings is 2. The standard InChI is InChI=1S/C19H22N4O4S/c1-27-16-4-7-18-13(11-16)10-15(22-18)8-9-21-12-19(24)23-14-2-5-17(6-3-14)28(20,25)26/h2-7,10-11,21-22H,8-9,12H2,1H3,(H,23,24)(H2,20,25,26). The predicted molar refractivity (Wildman–Crippen MR) is 108 cm³/mol. The summed E-state index contributed by atoms with van der Waals surface area (Å²) in [5.74, 6) is 0.592. The Labute approximate surface area is 163 Å². The molecule has 2 aromatic carbocycles. The topological polar surface area (TPSA) is 126 Å². The van der Waals surface area contributed by atoms with Gasteiger partial charge in [0, 0.05) is 28.8 Å². The van der Waals surface area contributed by atoms with E-state index < -0.39 is 10.0 Å². The second-order valence-corrected chi connectivity index (χ2v) is 7.85. The number of nitrogens with one attached hydrogen (secondary N) is 3. The summed E-state index contributed by atoms with van der Waals surface area (Å²) in [7, 11) is -2.10. The molecule has 148 valence electrons. The van der Waals surface area contributed by atoms with Crippen LogP contribution in [0.1, 0.15) is 5.69 Å². The van der Waals surface area contributed by atoms with Gasteiger partial charge in [0.25, 0.3) is 0 Å². The number of amides is 1. The Bertz CT molecular complexity index is 1080. The minimum Gasteiger partial charge on any atom is -0.497 e. The van der Waals surface area contributed by atoms with E-state index in [4.69, 9.17) is 9.88 Å². The van der Waals surface area contributed by atoms with E-state index in [1.54, 1.807) is 7.11 Å². The first-order chi connectivity index (χ1) is 13.3. The molecule has 9 heteroatoms. The molecule has 0 atom stereocenters. The number of hydrogen-bond acceptors (Lipinski definition) is 5. The van der Waals surface area contributed by atoms with Crippen molar-refractivity contribution >= 4 is 32.5 Å². The van der Waals surface area contributed by atoms with Crippen molar-refractivity contribution in [1.29, 1.82) is 0 Å². The molecule has 8 nitrogen and oxygen atoms in total. The molecule has 0 aliphatic heterocycles. The van der Waals surface area contributed by atoms with Crippen LogP contribution in [0.3, 0.4) is 0 Å². The molecule has 3 aromatic rings. The van der Waals surface area contributed by atoms with Crippen LogP contribution in [0.5, 0.6) is 5.75 Å². The maximum atomic E-state index is 12.0. The summed E-state index contributed by atoms with van der Waals surface area (Å²) in [6.07, 6.45) is 0.743. The number of primary sulfonamides is 1. The van der Waals surface area contributed by atoms with Crippen LogP contribution in [0, 0.1) is 0 Å². The Kier molecular flexibility index (Phi) is 5.98. The molecule has 0 aliphatic rings. The van der Waals surface area contributed by atoms with E-state index in [0.29, 0.717) is 12.2 Å². The molecule has 0 spiro atoms. The lowest BCUT2D eigenvalue weighted by atomic mass is 10.2. The third kappa shape index (κ3) is 5.10. The number of anilines is 1. The average molecular weight is 402 g/mol. The van der Waals surface area contributed by atoms with E-state index in [1.807, 2.05) is 18.2 Å². The van der Waals surface area contributed by atoms with Crippen molar-refractivity contribution in [2.75, 3.05) is 25.5 Å². The van der Waals surface area contributed by atoms with Crippen LogP contribution in [0.2, 0.25) is 0 Å². The number of H-pyrrole nitrogens is 1. The lowest BCUT2D eigenvalue weighted by Gasteiger charge is -2.07. The molecule has 28 heavy (non-hydrogen) atoms. The highest BCUT2D eigenvalue weighted by molar-refractivity contribution is 7.89. The molecule has 0 fully saturated rings. The van der Waals surface area contributed by atoms with Crippen LogP contribution in [0.15, 0.2) is 53.4 Å². The quantitative estimate of drug-likeness (QED) is 0.426. The van der Waals surface area contributed by atoms with Crippen molar-refractivity contribution in [2.45, 2.75) is 11.3 Å². The Morgan fingerprint density at radius 3 is 2.57 bits per heavy atom. The fourth-order valence-electron chi connectivity index (χ4n) is 2.79. The van der Waals surface area contributed by atoms with E-state index in [1.165, 1.54) is 24.3 Å². The number of aromatic amines is 1. The molecule has 3 rings (SSSR count). The van der Waals surface area contributed by atoms with Gasteiger partial charge in [-0.25, -0.2) is 13.6 Å². The van der Waals surface area contributed by atoms with Gasteiger partial charge >= 0.3 is 0 Å². The molecule has 0 saturated carbocycles. The highest BCUT2D eigenvalue weighted by Crippen LogP contribution is 2.21. The number of hydrogen-bond donors (Lipinski definition) is 4. The number of carbonyl (C=O) groups is 1. The smallest absolute Gasteiger partial charge is 0.238 e. The second-order valence-electron chi connectivity index (χ2n) is 6.29. The third-order valence-electron chi connectivity index (χ3n) is 4.21. The van der Waals surface area contributed by atoms with Crippen LogP contribution < -0.4 is 20.5 Å². The van der Waals surface area contributed by atoms with Crippen LogP contribution in [-0.4, -0.2) is 39.5 Å². The summed E-state index contributed by atoms with van der Waals surface area (Å²) >= 11 is 0. The summed E-state index contributed by atoms with van der Waals surface area (Å²) < 4.78 is 27.7. The van der Waals surface area contributed by atoms with Gasteiger partial charge in [0.05, 0.1) is 18.6 Å². The fourth-order valence-corrected chi connectivity index (χ4v) is 3.31. The monoisotopic (exact) mass is 402 g/mol. The third-order valence-corrected chi connectivity index (χ3v) is 5.14. The van der Waals surface area contributed by atoms with E-state index in [0.717, 1.165) is 28.8 Å². The van der Waals surface area contributed by atoms with E-state index in [-0.39, 0.29) is 17.3 Å². The predicted octanol–water partition coefficient (Wildman–Crippen LogP) is 1.59. The summed E-state index contributed by atoms with van der Waals surface area (Å²) in [5, 5.41) is 11.9. The number of methoxy groups -OCH3 is 1. The van der Waals surface area contributed by atoms with Gasteiger partial charge in [-0.15, -0.1) is 0 Å². The summed E-state index contributed by atoms with van der Waals surface area (Å²) in [6, 6.07) is 13.6. The maximum absolute atomic E-state index is 12.0. The molecule has 0 radical (unpaired) electrons. The zero-order chi connectivity index (χ0) is 20.1. The van der Waals surface area contributed by atoms with E-state index in [2.05, 4.69) is 21.7 Å². The SMILES string of the molecule is COc1ccc2[nH]c(CCNCC(=O)Nc3ccc(S(N)(=O)=O)cc3)cc2c1. The number of sulfonamides is 1. The zero-order valence-electron chi connectivity index (χ0n) is 15.4. The minimum atomic E-state index is -3.74. The number of ether oxygens (including phenoxy) is 1. The lowest BCUT2D eigenvalue weighted by molar-refractivity contribution is -0.115. The molecule has 0 saturated heterocycles. The van der Waals surface area contributed by atoms with Gasteiger partial charge in [-0.1, -0.05) is 0 Å². The normalized spacial score (nSPS) is 11.5. The van der Waals surface area contributed by atoms with Crippen molar-refractivity contribution < 1.29 is 17.9 Å². The van der Waals surface area contributed by atoms with E-state index >= 15 is 0 Å². The van der Waals surface area contributed by atoms with Crippen molar-refractivity contribution in [3.63, 3.8) is 0 Å². The average Bonchev–Trinajstić information content (AvgIpc) is 3.06. The molecule has 0 unspecified atom stereocenters. The lowest BCUT2D eigenvalue weighted by Crippen LogP contribution is -2.29. The number of aromatic nitrogens is 1. The molecular formula is C19H22N4O4S. The Balaban J connectivity index is 1.45. The first-order valence-corrected chi connectivity index (χ1v) is 10.2. The molecule has 0 bridgehead atoms. The van der Waals surface area contributed by atoms with Gasteiger partial charge in [0.15, 0.2) is 0 Å².